The Morgan fingerprint density at radius 2 is 1.50 bits per heavy atom. The van der Waals surface area contributed by atoms with Crippen LogP contribution in [0, 0.1) is 10.8 Å². The van der Waals surface area contributed by atoms with E-state index < -0.39 is 68.2 Å². The van der Waals surface area contributed by atoms with Crippen LogP contribution in [0.2, 0.25) is 0 Å². The zero-order chi connectivity index (χ0) is 38.3. The molecule has 13 heteroatoms. The molecule has 0 bridgehead atoms. The first-order chi connectivity index (χ1) is 25.7. The molecule has 54 heavy (non-hydrogen) atoms. The third-order valence-electron chi connectivity index (χ3n) is 12.0. The fourth-order valence-corrected chi connectivity index (χ4v) is 8.48. The van der Waals surface area contributed by atoms with Gasteiger partial charge < -0.3 is 15.3 Å². The molecule has 2 aliphatic heterocycles. The van der Waals surface area contributed by atoms with Crippen LogP contribution in [0.5, 0.6) is 0 Å². The smallest absolute Gasteiger partial charge is 0.403 e. The normalized spacial score (nSPS) is 19.6. The zero-order valence-electron chi connectivity index (χ0n) is 29.9. The number of likely N-dealkylation sites (tertiary alicyclic amines) is 2. The van der Waals surface area contributed by atoms with E-state index in [4.69, 9.17) is 4.98 Å². The lowest BCUT2D eigenvalue weighted by molar-refractivity contribution is -0.236. The number of alkyl halides is 6. The minimum Gasteiger partial charge on any atom is -0.480 e. The van der Waals surface area contributed by atoms with Crippen molar-refractivity contribution in [1.82, 2.24) is 20.1 Å². The Morgan fingerprint density at radius 1 is 0.815 bits per heavy atom. The number of amides is 1. The summed E-state index contributed by atoms with van der Waals surface area (Å²) < 4.78 is 82.1. The zero-order valence-corrected chi connectivity index (χ0v) is 29.9. The highest BCUT2D eigenvalue weighted by atomic mass is 19.4. The molecule has 1 atom stereocenters. The largest absolute Gasteiger partial charge is 0.480 e. The molecule has 288 valence electrons. The van der Waals surface area contributed by atoms with Crippen molar-refractivity contribution in [3.05, 3.63) is 78.0 Å². The highest BCUT2D eigenvalue weighted by Crippen LogP contribution is 2.53. The average molecular weight is 755 g/mol. The van der Waals surface area contributed by atoms with E-state index in [2.05, 4.69) is 28.4 Å². The first-order valence-corrected chi connectivity index (χ1v) is 18.7. The summed E-state index contributed by atoms with van der Waals surface area (Å²) in [6, 6.07) is 17.5. The summed E-state index contributed by atoms with van der Waals surface area (Å²) in [7, 11) is 0. The summed E-state index contributed by atoms with van der Waals surface area (Å²) >= 11 is 0. The van der Waals surface area contributed by atoms with Gasteiger partial charge >= 0.3 is 18.3 Å². The summed E-state index contributed by atoms with van der Waals surface area (Å²) in [4.78, 5) is 34.0. The molecule has 1 aromatic heterocycles. The van der Waals surface area contributed by atoms with E-state index in [-0.39, 0.29) is 6.42 Å². The number of aliphatic carboxylic acids is 1. The number of nitrogens with one attached hydrogen (secondary N) is 1. The minimum atomic E-state index is -5.10. The van der Waals surface area contributed by atoms with Gasteiger partial charge in [-0.3, -0.25) is 14.7 Å². The van der Waals surface area contributed by atoms with Crippen LogP contribution in [0.15, 0.2) is 66.9 Å². The second-order valence-corrected chi connectivity index (χ2v) is 15.5. The first-order valence-electron chi connectivity index (χ1n) is 18.7. The van der Waals surface area contributed by atoms with Gasteiger partial charge in [-0.2, -0.15) is 26.3 Å². The van der Waals surface area contributed by atoms with Gasteiger partial charge in [-0.25, -0.2) is 4.79 Å². The number of halogens is 6. The van der Waals surface area contributed by atoms with Gasteiger partial charge in [-0.05, 0) is 129 Å². The highest BCUT2D eigenvalue weighted by molar-refractivity contribution is 6.05. The molecule has 0 unspecified atom stereocenters. The number of pyridine rings is 1. The number of rotatable bonds is 11. The summed E-state index contributed by atoms with van der Waals surface area (Å²) in [6.07, 6.45) is -2.74. The van der Waals surface area contributed by atoms with Crippen molar-refractivity contribution in [2.75, 3.05) is 39.3 Å². The second-order valence-electron chi connectivity index (χ2n) is 15.5. The molecular formula is C41H44F6N4O3. The summed E-state index contributed by atoms with van der Waals surface area (Å²) in [5.74, 6) is -3.08. The Kier molecular flexibility index (Phi) is 10.4. The number of aryl methyl sites for hydroxylation is 1. The SMILES string of the molecule is O=C(O)[C@H](Cc1cccc2c(-c3nccc4ccc(CCCN5CCC6(CC5)CC6)cc34)cccc12)NC(=O)C1(C(F)(F)F)CCN(CC(F)(F)F)CC1. The van der Waals surface area contributed by atoms with Crippen molar-refractivity contribution in [3.8, 4) is 11.3 Å². The number of carbonyl (C=O) groups is 2. The molecular weight excluding hydrogens is 710 g/mol. The van der Waals surface area contributed by atoms with Crippen LogP contribution in [-0.4, -0.2) is 89.4 Å². The Hall–Kier alpha value is -4.23. The molecule has 3 fully saturated rings. The van der Waals surface area contributed by atoms with Crippen LogP contribution >= 0.6 is 0 Å². The van der Waals surface area contributed by atoms with Gasteiger partial charge in [-0.15, -0.1) is 0 Å². The van der Waals surface area contributed by atoms with Crippen LogP contribution in [0.3, 0.4) is 0 Å². The van der Waals surface area contributed by atoms with Crippen molar-refractivity contribution in [2.24, 2.45) is 10.8 Å². The van der Waals surface area contributed by atoms with Crippen LogP contribution < -0.4 is 5.32 Å². The van der Waals surface area contributed by atoms with Crippen molar-refractivity contribution in [2.45, 2.75) is 76.2 Å². The van der Waals surface area contributed by atoms with E-state index in [0.29, 0.717) is 16.4 Å². The number of carboxylic acid groups (broad SMARTS) is 1. The van der Waals surface area contributed by atoms with E-state index in [1.165, 1.54) is 44.3 Å². The van der Waals surface area contributed by atoms with Gasteiger partial charge in [0, 0.05) is 23.6 Å². The third-order valence-corrected chi connectivity index (χ3v) is 12.0. The molecule has 1 aliphatic carbocycles. The van der Waals surface area contributed by atoms with Crippen molar-refractivity contribution >= 4 is 33.4 Å². The number of hydrogen-bond donors (Lipinski definition) is 2. The van der Waals surface area contributed by atoms with Crippen LogP contribution in [0.25, 0.3) is 32.8 Å². The van der Waals surface area contributed by atoms with Gasteiger partial charge in [0.2, 0.25) is 5.91 Å². The quantitative estimate of drug-likeness (QED) is 0.150. The summed E-state index contributed by atoms with van der Waals surface area (Å²) in [6.45, 7) is 0.804. The summed E-state index contributed by atoms with van der Waals surface area (Å²) in [5.41, 5.74) is 0.887. The van der Waals surface area contributed by atoms with Crippen molar-refractivity contribution in [1.29, 1.82) is 0 Å². The number of piperidine rings is 2. The molecule has 7 rings (SSSR count). The molecule has 2 saturated heterocycles. The highest BCUT2D eigenvalue weighted by Gasteiger charge is 2.61. The van der Waals surface area contributed by atoms with Crippen LogP contribution in [0.4, 0.5) is 26.3 Å². The van der Waals surface area contributed by atoms with E-state index in [1.807, 2.05) is 24.3 Å². The fraction of sp³-hybridized carbons (Fsp3) is 0.488. The molecule has 3 heterocycles. The molecule has 0 radical (unpaired) electrons. The number of carboxylic acids is 1. The predicted octanol–water partition coefficient (Wildman–Crippen LogP) is 8.18. The van der Waals surface area contributed by atoms with E-state index in [1.54, 1.807) is 24.4 Å². The number of hydrogen-bond acceptors (Lipinski definition) is 5. The third kappa shape index (κ3) is 8.07. The van der Waals surface area contributed by atoms with Crippen LogP contribution in [0.1, 0.15) is 56.1 Å². The fourth-order valence-electron chi connectivity index (χ4n) is 8.48. The standard InChI is InChI=1S/C41H44F6N4O3/c42-40(43,44)26-51-22-16-39(17-23-51,41(45,46)47)37(54)49-34(36(52)53)25-29-5-1-7-31-30(29)6-2-8-32(31)35-33-24-27(9-10-28(33)11-18-48-35)4-3-19-50-20-14-38(12-13-38)15-21-50/h1-2,5-11,18,24,34H,3-4,12-17,19-23,25-26H2,(H,49,54)(H,52,53)/t34-/m0/s1. The lowest BCUT2D eigenvalue weighted by atomic mass is 9.76. The average Bonchev–Trinajstić information content (AvgIpc) is 3.89. The lowest BCUT2D eigenvalue weighted by Gasteiger charge is -2.42. The molecule has 4 aromatic rings. The number of aromatic nitrogens is 1. The maximum atomic E-state index is 14.4. The number of benzene rings is 3. The maximum absolute atomic E-state index is 14.4. The van der Waals surface area contributed by atoms with E-state index in [0.717, 1.165) is 51.7 Å². The van der Waals surface area contributed by atoms with Gasteiger partial charge in [0.1, 0.15) is 11.5 Å². The number of fused-ring (bicyclic) bond motifs is 2. The minimum absolute atomic E-state index is 0.318. The molecule has 1 spiro atoms. The molecule has 7 nitrogen and oxygen atoms in total. The van der Waals surface area contributed by atoms with E-state index in [9.17, 15) is 41.0 Å². The van der Waals surface area contributed by atoms with Crippen LogP contribution in [-0.2, 0) is 22.4 Å². The van der Waals surface area contributed by atoms with Crippen molar-refractivity contribution in [3.63, 3.8) is 0 Å². The topological polar surface area (TPSA) is 85.8 Å². The summed E-state index contributed by atoms with van der Waals surface area (Å²) in [5, 5.41) is 15.6. The molecule has 3 aliphatic rings. The Bertz CT molecular complexity index is 2010. The lowest BCUT2D eigenvalue weighted by Crippen LogP contribution is -2.59. The number of carbonyl (C=O) groups excluding carboxylic acids is 1. The molecule has 1 amide bonds. The second kappa shape index (κ2) is 14.8. The predicted molar refractivity (Wildman–Crippen MR) is 194 cm³/mol. The van der Waals surface area contributed by atoms with Gasteiger partial charge in [0.15, 0.2) is 0 Å². The molecule has 1 saturated carbocycles. The Morgan fingerprint density at radius 3 is 2.17 bits per heavy atom. The van der Waals surface area contributed by atoms with E-state index >= 15 is 0 Å². The maximum Gasteiger partial charge on any atom is 0.403 e. The Labute approximate surface area is 309 Å². The van der Waals surface area contributed by atoms with Gasteiger partial charge in [0.25, 0.3) is 0 Å². The van der Waals surface area contributed by atoms with Gasteiger partial charge in [-0.1, -0.05) is 48.5 Å². The molecule has 3 aromatic carbocycles. The monoisotopic (exact) mass is 754 g/mol. The van der Waals surface area contributed by atoms with Gasteiger partial charge in [0.05, 0.1) is 12.2 Å². The molecule has 2 N–H and O–H groups in total. The number of nitrogens with zero attached hydrogens (tertiary/aromatic N) is 3. The first kappa shape index (κ1) is 38.1. The van der Waals surface area contributed by atoms with Crippen molar-refractivity contribution < 1.29 is 41.0 Å². The Balaban J connectivity index is 1.10.